The van der Waals surface area contributed by atoms with Crippen LogP contribution < -0.4 is 10.6 Å². The van der Waals surface area contributed by atoms with Gasteiger partial charge in [-0.15, -0.1) is 11.3 Å². The number of benzene rings is 1. The van der Waals surface area contributed by atoms with E-state index in [0.717, 1.165) is 38.1 Å². The Labute approximate surface area is 198 Å². The molecule has 6 heteroatoms. The molecular weight excluding hydrogens is 430 g/mol. The summed E-state index contributed by atoms with van der Waals surface area (Å²) in [5.41, 5.74) is 5.53. The summed E-state index contributed by atoms with van der Waals surface area (Å²) in [7, 11) is 0. The number of carbonyl (C=O) groups is 1. The highest BCUT2D eigenvalue weighted by molar-refractivity contribution is 7.16. The van der Waals surface area contributed by atoms with Crippen molar-refractivity contribution in [2.75, 3.05) is 10.6 Å². The molecule has 3 heterocycles. The van der Waals surface area contributed by atoms with Crippen LogP contribution in [-0.2, 0) is 0 Å². The van der Waals surface area contributed by atoms with Crippen LogP contribution in [0, 0.1) is 20.8 Å². The van der Waals surface area contributed by atoms with Crippen molar-refractivity contribution in [3.63, 3.8) is 0 Å². The van der Waals surface area contributed by atoms with E-state index in [4.69, 9.17) is 4.42 Å². The highest BCUT2D eigenvalue weighted by Gasteiger charge is 2.26. The molecule has 3 aromatic heterocycles. The lowest BCUT2D eigenvalue weighted by molar-refractivity contribution is 0.0997. The normalized spacial score (nSPS) is 12.1. The van der Waals surface area contributed by atoms with Gasteiger partial charge in [-0.1, -0.05) is 44.2 Å². The van der Waals surface area contributed by atoms with Gasteiger partial charge >= 0.3 is 0 Å². The third-order valence-corrected chi connectivity index (χ3v) is 6.95. The first-order chi connectivity index (χ1) is 15.8. The third-order valence-electron chi connectivity index (χ3n) is 5.81. The molecule has 33 heavy (non-hydrogen) atoms. The predicted molar refractivity (Wildman–Crippen MR) is 135 cm³/mol. The SMILES string of the molecule is Cc1cccc(N[C@@H](c2ccc(C(C)C)cc2)c2c(NC(=O)c3ccco3)sc(C)c2C)n1. The van der Waals surface area contributed by atoms with E-state index in [1.807, 2.05) is 25.1 Å². The molecule has 5 nitrogen and oxygen atoms in total. The van der Waals surface area contributed by atoms with Gasteiger partial charge in [0.05, 0.1) is 12.3 Å². The topological polar surface area (TPSA) is 67.2 Å². The molecule has 4 aromatic rings. The monoisotopic (exact) mass is 459 g/mol. The van der Waals surface area contributed by atoms with E-state index < -0.39 is 0 Å². The van der Waals surface area contributed by atoms with Gasteiger partial charge in [-0.2, -0.15) is 0 Å². The van der Waals surface area contributed by atoms with E-state index in [2.05, 4.69) is 67.6 Å². The Morgan fingerprint density at radius 2 is 1.70 bits per heavy atom. The molecule has 0 unspecified atom stereocenters. The minimum Gasteiger partial charge on any atom is -0.459 e. The van der Waals surface area contributed by atoms with Gasteiger partial charge < -0.3 is 15.1 Å². The molecule has 0 aliphatic heterocycles. The van der Waals surface area contributed by atoms with Crippen LogP contribution in [0.2, 0.25) is 0 Å². The number of aromatic nitrogens is 1. The van der Waals surface area contributed by atoms with Crippen molar-refractivity contribution in [2.45, 2.75) is 46.6 Å². The molecular formula is C27H29N3O2S. The molecule has 1 aromatic carbocycles. The highest BCUT2D eigenvalue weighted by atomic mass is 32.1. The number of nitrogens with zero attached hydrogens (tertiary/aromatic N) is 1. The van der Waals surface area contributed by atoms with Crippen molar-refractivity contribution >= 4 is 28.1 Å². The van der Waals surface area contributed by atoms with Gasteiger partial charge in [0, 0.05) is 16.1 Å². The average Bonchev–Trinajstić information content (AvgIpc) is 3.42. The fourth-order valence-electron chi connectivity index (χ4n) is 3.82. The average molecular weight is 460 g/mol. The Kier molecular flexibility index (Phi) is 6.65. The van der Waals surface area contributed by atoms with Gasteiger partial charge in [0.25, 0.3) is 5.91 Å². The first kappa shape index (κ1) is 22.8. The standard InChI is InChI=1S/C27H29N3O2S/c1-16(2)20-11-13-21(14-12-20)25(29-23-10-6-8-17(3)28-23)24-18(4)19(5)33-27(24)30-26(31)22-9-7-15-32-22/h6-16,25H,1-5H3,(H,28,29)(H,30,31)/t25-/m0/s1. The Hall–Kier alpha value is -3.38. The van der Waals surface area contributed by atoms with Gasteiger partial charge in [0.2, 0.25) is 0 Å². The fourth-order valence-corrected chi connectivity index (χ4v) is 4.92. The lowest BCUT2D eigenvalue weighted by Gasteiger charge is -2.23. The van der Waals surface area contributed by atoms with Crippen LogP contribution in [0.4, 0.5) is 10.8 Å². The third kappa shape index (κ3) is 5.01. The van der Waals surface area contributed by atoms with Crippen LogP contribution in [0.15, 0.2) is 65.3 Å². The van der Waals surface area contributed by atoms with Crippen molar-refractivity contribution < 1.29 is 9.21 Å². The largest absolute Gasteiger partial charge is 0.459 e. The van der Waals surface area contributed by atoms with Crippen molar-refractivity contribution in [3.05, 3.63) is 99.4 Å². The Balaban J connectivity index is 1.78. The number of aryl methyl sites for hydroxylation is 2. The zero-order valence-electron chi connectivity index (χ0n) is 19.6. The molecule has 0 radical (unpaired) electrons. The second kappa shape index (κ2) is 9.63. The first-order valence-electron chi connectivity index (χ1n) is 11.1. The van der Waals surface area contributed by atoms with E-state index in [1.165, 1.54) is 11.8 Å². The minimum absolute atomic E-state index is 0.183. The second-order valence-corrected chi connectivity index (χ2v) is 9.75. The van der Waals surface area contributed by atoms with Gasteiger partial charge in [-0.25, -0.2) is 4.98 Å². The molecule has 0 saturated heterocycles. The lowest BCUT2D eigenvalue weighted by Crippen LogP contribution is -2.18. The second-order valence-electron chi connectivity index (χ2n) is 8.52. The van der Waals surface area contributed by atoms with E-state index in [9.17, 15) is 4.79 Å². The van der Waals surface area contributed by atoms with Crippen LogP contribution in [0.25, 0.3) is 0 Å². The summed E-state index contributed by atoms with van der Waals surface area (Å²) >= 11 is 1.58. The summed E-state index contributed by atoms with van der Waals surface area (Å²) in [6.45, 7) is 10.5. The summed E-state index contributed by atoms with van der Waals surface area (Å²) < 4.78 is 5.30. The number of carbonyl (C=O) groups excluding carboxylic acids is 1. The first-order valence-corrected chi connectivity index (χ1v) is 11.9. The lowest BCUT2D eigenvalue weighted by atomic mass is 9.93. The van der Waals surface area contributed by atoms with Crippen molar-refractivity contribution in [1.82, 2.24) is 4.98 Å². The van der Waals surface area contributed by atoms with E-state index in [1.54, 1.807) is 23.5 Å². The molecule has 0 saturated carbocycles. The number of rotatable bonds is 7. The predicted octanol–water partition coefficient (Wildman–Crippen LogP) is 7.24. The molecule has 4 rings (SSSR count). The van der Waals surface area contributed by atoms with Gasteiger partial charge in [0.15, 0.2) is 5.76 Å². The maximum absolute atomic E-state index is 12.8. The number of hydrogen-bond acceptors (Lipinski definition) is 5. The number of pyridine rings is 1. The molecule has 2 N–H and O–H groups in total. The fraction of sp³-hybridized carbons (Fsp3) is 0.259. The van der Waals surface area contributed by atoms with Gasteiger partial charge in [-0.05, 0) is 67.6 Å². The number of nitrogens with one attached hydrogen (secondary N) is 2. The minimum atomic E-state index is -0.259. The molecule has 0 bridgehead atoms. The maximum atomic E-state index is 12.8. The molecule has 0 spiro atoms. The van der Waals surface area contributed by atoms with Crippen LogP contribution in [0.1, 0.15) is 69.2 Å². The Bertz CT molecular complexity index is 1240. The number of amides is 1. The van der Waals surface area contributed by atoms with Crippen molar-refractivity contribution in [1.29, 1.82) is 0 Å². The summed E-state index contributed by atoms with van der Waals surface area (Å²) in [5.74, 6) is 1.28. The quantitative estimate of drug-likeness (QED) is 0.306. The Morgan fingerprint density at radius 1 is 0.970 bits per heavy atom. The zero-order valence-corrected chi connectivity index (χ0v) is 20.4. The molecule has 1 amide bonds. The molecule has 1 atom stereocenters. The number of furan rings is 1. The van der Waals surface area contributed by atoms with E-state index >= 15 is 0 Å². The maximum Gasteiger partial charge on any atom is 0.291 e. The molecule has 0 aliphatic rings. The van der Waals surface area contributed by atoms with Crippen LogP contribution >= 0.6 is 11.3 Å². The zero-order chi connectivity index (χ0) is 23.5. The van der Waals surface area contributed by atoms with Crippen molar-refractivity contribution in [2.24, 2.45) is 0 Å². The van der Waals surface area contributed by atoms with Gasteiger partial charge in [0.1, 0.15) is 10.8 Å². The van der Waals surface area contributed by atoms with Gasteiger partial charge in [-0.3, -0.25) is 4.79 Å². The summed E-state index contributed by atoms with van der Waals surface area (Å²) in [6, 6.07) is 17.8. The number of thiophene rings is 1. The highest BCUT2D eigenvalue weighted by Crippen LogP contribution is 2.41. The molecule has 170 valence electrons. The molecule has 0 aliphatic carbocycles. The Morgan fingerprint density at radius 3 is 2.33 bits per heavy atom. The van der Waals surface area contributed by atoms with E-state index in [0.29, 0.717) is 5.92 Å². The summed E-state index contributed by atoms with van der Waals surface area (Å²) in [5, 5.41) is 7.51. The molecule has 0 fully saturated rings. The van der Waals surface area contributed by atoms with Crippen molar-refractivity contribution in [3.8, 4) is 0 Å². The number of anilines is 2. The van der Waals surface area contributed by atoms with E-state index in [-0.39, 0.29) is 17.7 Å². The van der Waals surface area contributed by atoms with Crippen LogP contribution in [-0.4, -0.2) is 10.9 Å². The number of hydrogen-bond donors (Lipinski definition) is 2. The smallest absolute Gasteiger partial charge is 0.291 e. The summed E-state index contributed by atoms with van der Waals surface area (Å²) in [6.07, 6.45) is 1.50. The van der Waals surface area contributed by atoms with Crippen LogP contribution in [0.3, 0.4) is 0 Å². The summed E-state index contributed by atoms with van der Waals surface area (Å²) in [4.78, 5) is 18.6. The van der Waals surface area contributed by atoms with Crippen LogP contribution in [0.5, 0.6) is 0 Å².